The molecule has 0 atom stereocenters. The van der Waals surface area contributed by atoms with E-state index in [0.717, 1.165) is 64.2 Å². The van der Waals surface area contributed by atoms with Gasteiger partial charge in [0.15, 0.2) is 5.13 Å². The van der Waals surface area contributed by atoms with E-state index in [2.05, 4.69) is 51.5 Å². The van der Waals surface area contributed by atoms with Gasteiger partial charge in [0.05, 0.1) is 12.2 Å². The number of likely N-dealkylation sites (tertiary alicyclic amines) is 1. The minimum atomic E-state index is -0.155. The molecule has 29 heavy (non-hydrogen) atoms. The van der Waals surface area contributed by atoms with Crippen molar-refractivity contribution < 1.29 is 4.79 Å². The molecule has 2 N–H and O–H groups in total. The van der Waals surface area contributed by atoms with Crippen molar-refractivity contribution >= 4 is 22.4 Å². The van der Waals surface area contributed by atoms with Crippen molar-refractivity contribution in [1.29, 1.82) is 0 Å². The van der Waals surface area contributed by atoms with Crippen LogP contribution >= 0.6 is 11.3 Å². The number of carbonyl (C=O) groups is 1. The van der Waals surface area contributed by atoms with Gasteiger partial charge in [0, 0.05) is 37.0 Å². The Balaban J connectivity index is 1.45. The predicted octanol–water partition coefficient (Wildman–Crippen LogP) is 2.27. The molecule has 1 aromatic heterocycles. The molecule has 1 aromatic carbocycles. The maximum absolute atomic E-state index is 13.0. The molecule has 3 heterocycles. The van der Waals surface area contributed by atoms with Crippen molar-refractivity contribution in [3.05, 3.63) is 47.0 Å². The number of nitrogens with two attached hydrogens (primary N) is 1. The molecule has 2 aromatic rings. The van der Waals surface area contributed by atoms with Crippen LogP contribution in [0.15, 0.2) is 35.7 Å². The average Bonchev–Trinajstić information content (AvgIpc) is 3.09. The van der Waals surface area contributed by atoms with Gasteiger partial charge in [-0.05, 0) is 45.0 Å². The maximum Gasteiger partial charge on any atom is 0.236 e. The van der Waals surface area contributed by atoms with E-state index in [0.29, 0.717) is 11.7 Å². The third kappa shape index (κ3) is 4.47. The highest BCUT2D eigenvalue weighted by molar-refractivity contribution is 7.13. The van der Waals surface area contributed by atoms with Crippen molar-refractivity contribution in [2.45, 2.75) is 24.7 Å². The van der Waals surface area contributed by atoms with E-state index in [9.17, 15) is 4.79 Å². The van der Waals surface area contributed by atoms with Crippen LogP contribution in [-0.2, 0) is 10.2 Å². The zero-order chi connectivity index (χ0) is 20.3. The lowest BCUT2D eigenvalue weighted by Crippen LogP contribution is -2.49. The van der Waals surface area contributed by atoms with Crippen molar-refractivity contribution in [1.82, 2.24) is 19.7 Å². The number of rotatable bonds is 4. The number of likely N-dealkylation sites (N-methyl/N-ethyl adjacent to an activating group) is 1. The maximum atomic E-state index is 13.0. The number of carbonyl (C=O) groups excluding carboxylic acids is 1. The van der Waals surface area contributed by atoms with Crippen LogP contribution in [0.1, 0.15) is 30.5 Å². The van der Waals surface area contributed by atoms with Gasteiger partial charge in [-0.15, -0.1) is 11.3 Å². The standard InChI is InChI=1S/C22H31N5OS/c1-25-10-5-11-26(15-14-25)16-20(28)27-12-8-22(9-13-27,18-6-3-2-4-7-18)19-17-29-21(23)24-19/h2-4,6-7,17H,5,8-16H2,1H3,(H2,23,24). The Hall–Kier alpha value is -1.96. The number of piperidine rings is 1. The summed E-state index contributed by atoms with van der Waals surface area (Å²) in [5.74, 6) is 0.258. The zero-order valence-corrected chi connectivity index (χ0v) is 18.0. The molecule has 2 saturated heterocycles. The van der Waals surface area contributed by atoms with Gasteiger partial charge < -0.3 is 15.5 Å². The summed E-state index contributed by atoms with van der Waals surface area (Å²) in [6, 6.07) is 10.6. The third-order valence-corrected chi connectivity index (χ3v) is 7.15. The molecule has 6 nitrogen and oxygen atoms in total. The second-order valence-electron chi connectivity index (χ2n) is 8.33. The highest BCUT2D eigenvalue weighted by atomic mass is 32.1. The Morgan fingerprint density at radius 3 is 2.55 bits per heavy atom. The number of anilines is 1. The summed E-state index contributed by atoms with van der Waals surface area (Å²) in [6.45, 7) is 6.20. The summed E-state index contributed by atoms with van der Waals surface area (Å²) in [4.78, 5) is 24.3. The summed E-state index contributed by atoms with van der Waals surface area (Å²) in [5, 5.41) is 2.70. The predicted molar refractivity (Wildman–Crippen MR) is 118 cm³/mol. The molecule has 0 unspecified atom stereocenters. The van der Waals surface area contributed by atoms with E-state index >= 15 is 0 Å². The van der Waals surface area contributed by atoms with Crippen LogP contribution in [0, 0.1) is 0 Å². The number of amides is 1. The van der Waals surface area contributed by atoms with E-state index in [1.807, 2.05) is 11.0 Å². The lowest BCUT2D eigenvalue weighted by molar-refractivity contribution is -0.133. The monoisotopic (exact) mass is 413 g/mol. The highest BCUT2D eigenvalue weighted by Gasteiger charge is 2.40. The van der Waals surface area contributed by atoms with Crippen LogP contribution in [0.3, 0.4) is 0 Å². The number of hydrogen-bond acceptors (Lipinski definition) is 6. The molecule has 2 aliphatic heterocycles. The lowest BCUT2D eigenvalue weighted by atomic mass is 9.70. The largest absolute Gasteiger partial charge is 0.375 e. The van der Waals surface area contributed by atoms with Gasteiger partial charge in [0.25, 0.3) is 0 Å². The number of aromatic nitrogens is 1. The number of nitrogens with zero attached hydrogens (tertiary/aromatic N) is 4. The molecule has 2 fully saturated rings. The molecule has 0 aliphatic carbocycles. The molecule has 7 heteroatoms. The average molecular weight is 414 g/mol. The first-order valence-corrected chi connectivity index (χ1v) is 11.4. The second kappa shape index (κ2) is 8.81. The minimum absolute atomic E-state index is 0.155. The van der Waals surface area contributed by atoms with Crippen LogP contribution in [-0.4, -0.2) is 78.5 Å². The molecule has 1 amide bonds. The quantitative estimate of drug-likeness (QED) is 0.833. The van der Waals surface area contributed by atoms with Gasteiger partial charge in [-0.2, -0.15) is 0 Å². The Morgan fingerprint density at radius 1 is 1.10 bits per heavy atom. The fourth-order valence-electron chi connectivity index (χ4n) is 4.64. The van der Waals surface area contributed by atoms with Crippen LogP contribution in [0.5, 0.6) is 0 Å². The molecule has 0 spiro atoms. The zero-order valence-electron chi connectivity index (χ0n) is 17.2. The Kier molecular flexibility index (Phi) is 6.18. The Labute approximate surface area is 177 Å². The number of hydrogen-bond donors (Lipinski definition) is 1. The summed E-state index contributed by atoms with van der Waals surface area (Å²) in [5.41, 5.74) is 8.12. The molecular formula is C22H31N5OS. The van der Waals surface area contributed by atoms with Crippen LogP contribution in [0.25, 0.3) is 0 Å². The topological polar surface area (TPSA) is 65.7 Å². The molecule has 4 rings (SSSR count). The number of thiazole rings is 1. The van der Waals surface area contributed by atoms with E-state index in [1.54, 1.807) is 0 Å². The van der Waals surface area contributed by atoms with Gasteiger partial charge in [0.2, 0.25) is 5.91 Å². The summed E-state index contributed by atoms with van der Waals surface area (Å²) in [7, 11) is 2.16. The smallest absolute Gasteiger partial charge is 0.236 e. The second-order valence-corrected chi connectivity index (χ2v) is 9.22. The summed E-state index contributed by atoms with van der Waals surface area (Å²) < 4.78 is 0. The van der Waals surface area contributed by atoms with E-state index in [1.165, 1.54) is 16.9 Å². The highest BCUT2D eigenvalue weighted by Crippen LogP contribution is 2.42. The molecule has 0 saturated carbocycles. The normalized spacial score (nSPS) is 21.1. The van der Waals surface area contributed by atoms with Crippen molar-refractivity contribution in [3.8, 4) is 0 Å². The first-order valence-electron chi connectivity index (χ1n) is 10.5. The van der Waals surface area contributed by atoms with Crippen molar-refractivity contribution in [2.24, 2.45) is 0 Å². The number of nitrogen functional groups attached to an aromatic ring is 1. The summed E-state index contributed by atoms with van der Waals surface area (Å²) >= 11 is 1.50. The van der Waals surface area contributed by atoms with Crippen LogP contribution < -0.4 is 5.73 Å². The molecule has 0 bridgehead atoms. The van der Waals surface area contributed by atoms with Gasteiger partial charge in [-0.25, -0.2) is 4.98 Å². The Bertz CT molecular complexity index is 816. The van der Waals surface area contributed by atoms with Gasteiger partial charge in [-0.3, -0.25) is 9.69 Å². The van der Waals surface area contributed by atoms with Crippen LogP contribution in [0.2, 0.25) is 0 Å². The van der Waals surface area contributed by atoms with Crippen molar-refractivity contribution in [2.75, 3.05) is 58.6 Å². The first-order chi connectivity index (χ1) is 14.1. The fraction of sp³-hybridized carbons (Fsp3) is 0.545. The fourth-order valence-corrected chi connectivity index (χ4v) is 5.31. The van der Waals surface area contributed by atoms with E-state index < -0.39 is 0 Å². The van der Waals surface area contributed by atoms with Crippen molar-refractivity contribution in [3.63, 3.8) is 0 Å². The van der Waals surface area contributed by atoms with Gasteiger partial charge in [-0.1, -0.05) is 30.3 Å². The van der Waals surface area contributed by atoms with E-state index in [4.69, 9.17) is 5.73 Å². The number of benzene rings is 1. The third-order valence-electron chi connectivity index (χ3n) is 6.48. The lowest BCUT2D eigenvalue weighted by Gasteiger charge is -2.42. The minimum Gasteiger partial charge on any atom is -0.375 e. The van der Waals surface area contributed by atoms with Crippen LogP contribution in [0.4, 0.5) is 5.13 Å². The molecule has 0 radical (unpaired) electrons. The Morgan fingerprint density at radius 2 is 1.86 bits per heavy atom. The molecular weight excluding hydrogens is 382 g/mol. The van der Waals surface area contributed by atoms with E-state index in [-0.39, 0.29) is 11.3 Å². The first kappa shape index (κ1) is 20.3. The molecule has 156 valence electrons. The van der Waals surface area contributed by atoms with Gasteiger partial charge in [0.1, 0.15) is 0 Å². The SMILES string of the molecule is CN1CCCN(CC(=O)N2CCC(c3ccccc3)(c3csc(N)n3)CC2)CC1. The van der Waals surface area contributed by atoms with Gasteiger partial charge >= 0.3 is 0 Å². The summed E-state index contributed by atoms with van der Waals surface area (Å²) in [6.07, 6.45) is 2.90. The molecule has 2 aliphatic rings.